The van der Waals surface area contributed by atoms with Gasteiger partial charge in [0.1, 0.15) is 0 Å². The first-order valence-electron chi connectivity index (χ1n) is 4.67. The summed E-state index contributed by atoms with van der Waals surface area (Å²) in [7, 11) is 0. The lowest BCUT2D eigenvalue weighted by molar-refractivity contribution is 0.596. The summed E-state index contributed by atoms with van der Waals surface area (Å²) in [4.78, 5) is 0. The second-order valence-electron chi connectivity index (χ2n) is 3.05. The molecule has 0 radical (unpaired) electrons. The van der Waals surface area contributed by atoms with E-state index >= 15 is 0 Å². The van der Waals surface area contributed by atoms with Gasteiger partial charge in [-0.2, -0.15) is 0 Å². The van der Waals surface area contributed by atoms with E-state index in [9.17, 15) is 0 Å². The maximum atomic E-state index is 3.39. The van der Waals surface area contributed by atoms with Gasteiger partial charge in [-0.15, -0.1) is 0 Å². The van der Waals surface area contributed by atoms with Gasteiger partial charge in [0.25, 0.3) is 0 Å². The van der Waals surface area contributed by atoms with Crippen molar-refractivity contribution in [2.75, 3.05) is 6.54 Å². The Balaban J connectivity index is 2.61. The first-order valence-corrected chi connectivity index (χ1v) is 4.67. The Bertz CT molecular complexity index is 227. The van der Waals surface area contributed by atoms with Crippen LogP contribution in [-0.4, -0.2) is 11.1 Å². The van der Waals surface area contributed by atoms with Gasteiger partial charge >= 0.3 is 0 Å². The van der Waals surface area contributed by atoms with Gasteiger partial charge in [-0.05, 0) is 32.0 Å². The Morgan fingerprint density at radius 1 is 1.50 bits per heavy atom. The van der Waals surface area contributed by atoms with Crippen molar-refractivity contribution in [2.45, 2.75) is 33.4 Å². The summed E-state index contributed by atoms with van der Waals surface area (Å²) in [6.07, 6.45) is 4.33. The number of nitrogens with zero attached hydrogens (tertiary/aromatic N) is 1. The summed E-state index contributed by atoms with van der Waals surface area (Å²) in [6.45, 7) is 8.56. The highest BCUT2D eigenvalue weighted by atomic mass is 14.9. The molecular weight excluding hydrogens is 148 g/mol. The molecule has 1 atom stereocenters. The standard InChI is InChI=1S/C10H18N2/c1-4-11-9(3)10-6-7-12(5-2)8-10/h6-9,11H,4-5H2,1-3H3/t9-/m0/s1. The van der Waals surface area contributed by atoms with E-state index in [1.54, 1.807) is 0 Å². The lowest BCUT2D eigenvalue weighted by Gasteiger charge is -2.09. The van der Waals surface area contributed by atoms with Crippen LogP contribution in [0.25, 0.3) is 0 Å². The third kappa shape index (κ3) is 2.11. The molecule has 1 heterocycles. The summed E-state index contributed by atoms with van der Waals surface area (Å²) in [5.41, 5.74) is 1.37. The second-order valence-corrected chi connectivity index (χ2v) is 3.05. The fourth-order valence-corrected chi connectivity index (χ4v) is 1.34. The van der Waals surface area contributed by atoms with E-state index in [0.717, 1.165) is 13.1 Å². The van der Waals surface area contributed by atoms with Gasteiger partial charge in [0.2, 0.25) is 0 Å². The molecule has 0 aliphatic rings. The molecule has 1 aromatic heterocycles. The van der Waals surface area contributed by atoms with Crippen LogP contribution >= 0.6 is 0 Å². The number of hydrogen-bond acceptors (Lipinski definition) is 1. The fraction of sp³-hybridized carbons (Fsp3) is 0.600. The molecule has 1 N–H and O–H groups in total. The predicted octanol–water partition coefficient (Wildman–Crippen LogP) is 2.18. The average Bonchev–Trinajstić information content (AvgIpc) is 2.52. The summed E-state index contributed by atoms with van der Waals surface area (Å²) < 4.78 is 2.20. The highest BCUT2D eigenvalue weighted by Gasteiger charge is 2.03. The average molecular weight is 166 g/mol. The number of rotatable bonds is 4. The molecule has 0 aliphatic carbocycles. The van der Waals surface area contributed by atoms with E-state index in [2.05, 4.69) is 49.1 Å². The first-order chi connectivity index (χ1) is 5.77. The third-order valence-electron chi connectivity index (χ3n) is 2.15. The van der Waals surface area contributed by atoms with E-state index in [1.165, 1.54) is 5.56 Å². The molecule has 0 fully saturated rings. The molecule has 68 valence electrons. The van der Waals surface area contributed by atoms with Crippen LogP contribution in [0.3, 0.4) is 0 Å². The van der Waals surface area contributed by atoms with Crippen molar-refractivity contribution in [1.29, 1.82) is 0 Å². The molecule has 0 amide bonds. The Morgan fingerprint density at radius 2 is 2.25 bits per heavy atom. The smallest absolute Gasteiger partial charge is 0.0306 e. The molecule has 0 unspecified atom stereocenters. The Kier molecular flexibility index (Phi) is 3.35. The van der Waals surface area contributed by atoms with Crippen molar-refractivity contribution < 1.29 is 0 Å². The summed E-state index contributed by atoms with van der Waals surface area (Å²) in [5.74, 6) is 0. The Hall–Kier alpha value is -0.760. The van der Waals surface area contributed by atoms with Gasteiger partial charge in [0.05, 0.1) is 0 Å². The Morgan fingerprint density at radius 3 is 2.75 bits per heavy atom. The third-order valence-corrected chi connectivity index (χ3v) is 2.15. The van der Waals surface area contributed by atoms with Gasteiger partial charge in [-0.3, -0.25) is 0 Å². The Labute approximate surface area is 74.6 Å². The zero-order valence-electron chi connectivity index (χ0n) is 8.17. The quantitative estimate of drug-likeness (QED) is 0.725. The summed E-state index contributed by atoms with van der Waals surface area (Å²) in [5, 5.41) is 3.39. The molecule has 0 saturated heterocycles. The normalized spacial score (nSPS) is 13.2. The van der Waals surface area contributed by atoms with Gasteiger partial charge in [-0.25, -0.2) is 0 Å². The topological polar surface area (TPSA) is 17.0 Å². The van der Waals surface area contributed by atoms with Crippen molar-refractivity contribution in [3.05, 3.63) is 24.0 Å². The van der Waals surface area contributed by atoms with E-state index in [0.29, 0.717) is 6.04 Å². The van der Waals surface area contributed by atoms with Crippen molar-refractivity contribution in [3.63, 3.8) is 0 Å². The van der Waals surface area contributed by atoms with Crippen molar-refractivity contribution in [1.82, 2.24) is 9.88 Å². The maximum absolute atomic E-state index is 3.39. The molecule has 2 heteroatoms. The maximum Gasteiger partial charge on any atom is 0.0306 e. The molecule has 0 spiro atoms. The minimum Gasteiger partial charge on any atom is -0.354 e. The molecule has 1 aromatic rings. The monoisotopic (exact) mass is 166 g/mol. The van der Waals surface area contributed by atoms with Crippen LogP contribution in [0.1, 0.15) is 32.4 Å². The van der Waals surface area contributed by atoms with Crippen LogP contribution in [0.2, 0.25) is 0 Å². The number of nitrogens with one attached hydrogen (secondary N) is 1. The lowest BCUT2D eigenvalue weighted by atomic mass is 10.2. The summed E-state index contributed by atoms with van der Waals surface area (Å²) >= 11 is 0. The van der Waals surface area contributed by atoms with Crippen LogP contribution in [0.5, 0.6) is 0 Å². The lowest BCUT2D eigenvalue weighted by Crippen LogP contribution is -2.17. The minimum atomic E-state index is 0.475. The number of hydrogen-bond donors (Lipinski definition) is 1. The van der Waals surface area contributed by atoms with Gasteiger partial charge in [0, 0.05) is 25.0 Å². The fourth-order valence-electron chi connectivity index (χ4n) is 1.34. The molecule has 0 aromatic carbocycles. The molecular formula is C10H18N2. The molecule has 0 saturated carbocycles. The zero-order valence-corrected chi connectivity index (χ0v) is 8.17. The van der Waals surface area contributed by atoms with Crippen LogP contribution in [-0.2, 0) is 6.54 Å². The molecule has 2 nitrogen and oxygen atoms in total. The van der Waals surface area contributed by atoms with E-state index in [4.69, 9.17) is 0 Å². The largest absolute Gasteiger partial charge is 0.354 e. The predicted molar refractivity (Wildman–Crippen MR) is 52.2 cm³/mol. The SMILES string of the molecule is CCN[C@@H](C)c1ccn(CC)c1. The minimum absolute atomic E-state index is 0.475. The summed E-state index contributed by atoms with van der Waals surface area (Å²) in [6, 6.07) is 2.65. The van der Waals surface area contributed by atoms with Gasteiger partial charge in [0.15, 0.2) is 0 Å². The first kappa shape index (κ1) is 9.33. The number of aryl methyl sites for hydroxylation is 1. The van der Waals surface area contributed by atoms with Gasteiger partial charge in [-0.1, -0.05) is 6.92 Å². The zero-order chi connectivity index (χ0) is 8.97. The highest BCUT2D eigenvalue weighted by molar-refractivity contribution is 5.14. The van der Waals surface area contributed by atoms with Crippen LogP contribution in [0.15, 0.2) is 18.5 Å². The van der Waals surface area contributed by atoms with E-state index in [1.807, 2.05) is 0 Å². The molecule has 0 aliphatic heterocycles. The molecule has 0 bridgehead atoms. The van der Waals surface area contributed by atoms with Gasteiger partial charge < -0.3 is 9.88 Å². The van der Waals surface area contributed by atoms with E-state index < -0.39 is 0 Å². The van der Waals surface area contributed by atoms with Crippen molar-refractivity contribution >= 4 is 0 Å². The van der Waals surface area contributed by atoms with Crippen LogP contribution in [0.4, 0.5) is 0 Å². The second kappa shape index (κ2) is 4.31. The van der Waals surface area contributed by atoms with Crippen molar-refractivity contribution in [3.8, 4) is 0 Å². The molecule has 12 heavy (non-hydrogen) atoms. The number of aromatic nitrogens is 1. The molecule has 1 rings (SSSR count). The van der Waals surface area contributed by atoms with Crippen LogP contribution < -0.4 is 5.32 Å². The highest BCUT2D eigenvalue weighted by Crippen LogP contribution is 2.11. The van der Waals surface area contributed by atoms with Crippen LogP contribution in [0, 0.1) is 0 Å². The van der Waals surface area contributed by atoms with E-state index in [-0.39, 0.29) is 0 Å². The van der Waals surface area contributed by atoms with Crippen molar-refractivity contribution in [2.24, 2.45) is 0 Å².